The van der Waals surface area contributed by atoms with Crippen LogP contribution in [0.1, 0.15) is 12.7 Å². The molecule has 3 nitrogen and oxygen atoms in total. The van der Waals surface area contributed by atoms with Crippen LogP contribution in [0.3, 0.4) is 0 Å². The fourth-order valence-corrected chi connectivity index (χ4v) is 2.16. The molecular weight excluding hydrogens is 344 g/mol. The van der Waals surface area contributed by atoms with Crippen molar-refractivity contribution < 1.29 is 13.9 Å². The largest absolute Gasteiger partial charge is 0.463 e. The summed E-state index contributed by atoms with van der Waals surface area (Å²) in [6, 6.07) is 7.55. The van der Waals surface area contributed by atoms with Crippen molar-refractivity contribution in [1.29, 1.82) is 0 Å². The van der Waals surface area contributed by atoms with Gasteiger partial charge in [-0.15, -0.1) is 0 Å². The van der Waals surface area contributed by atoms with Crippen LogP contribution < -0.4 is 0 Å². The Kier molecular flexibility index (Phi) is 5.04. The summed E-state index contributed by atoms with van der Waals surface area (Å²) in [4.78, 5) is 11.1. The molecule has 0 saturated carbocycles. The Bertz CT molecular complexity index is 685. The highest BCUT2D eigenvalue weighted by molar-refractivity contribution is 9.10. The number of furan rings is 1. The third kappa shape index (κ3) is 3.74. The van der Waals surface area contributed by atoms with Crippen molar-refractivity contribution in [2.24, 2.45) is 0 Å². The van der Waals surface area contributed by atoms with Crippen LogP contribution >= 0.6 is 27.5 Å². The summed E-state index contributed by atoms with van der Waals surface area (Å²) >= 11 is 9.53. The second-order valence-electron chi connectivity index (χ2n) is 3.92. The van der Waals surface area contributed by atoms with E-state index in [0.717, 1.165) is 15.4 Å². The van der Waals surface area contributed by atoms with Crippen LogP contribution in [-0.2, 0) is 9.53 Å². The fourth-order valence-electron chi connectivity index (χ4n) is 1.62. The molecule has 0 bridgehead atoms. The molecule has 1 heterocycles. The van der Waals surface area contributed by atoms with Gasteiger partial charge in [0.25, 0.3) is 0 Å². The van der Waals surface area contributed by atoms with E-state index in [1.807, 2.05) is 24.3 Å². The minimum absolute atomic E-state index is 0.346. The molecule has 1 aromatic carbocycles. The average Bonchev–Trinajstić information content (AvgIpc) is 2.82. The summed E-state index contributed by atoms with van der Waals surface area (Å²) in [5.41, 5.74) is 0.754. The van der Waals surface area contributed by atoms with Gasteiger partial charge >= 0.3 is 5.97 Å². The van der Waals surface area contributed by atoms with Crippen LogP contribution in [-0.4, -0.2) is 12.6 Å². The van der Waals surface area contributed by atoms with Crippen molar-refractivity contribution in [3.8, 4) is 0 Å². The van der Waals surface area contributed by atoms with Crippen molar-refractivity contribution >= 4 is 49.5 Å². The van der Waals surface area contributed by atoms with Gasteiger partial charge in [0.05, 0.1) is 11.6 Å². The fraction of sp³-hybridized carbons (Fsp3) is 0.133. The second-order valence-corrected chi connectivity index (χ2v) is 5.24. The number of hydrogen-bond acceptors (Lipinski definition) is 3. The second kappa shape index (κ2) is 6.77. The summed E-state index contributed by atoms with van der Waals surface area (Å²) in [6.45, 7) is 2.10. The lowest BCUT2D eigenvalue weighted by atomic mass is 10.2. The number of allylic oxidation sites excluding steroid dienone is 2. The van der Waals surface area contributed by atoms with E-state index < -0.39 is 5.97 Å². The van der Waals surface area contributed by atoms with Crippen molar-refractivity contribution in [2.45, 2.75) is 6.92 Å². The lowest BCUT2D eigenvalue weighted by Crippen LogP contribution is -1.98. The summed E-state index contributed by atoms with van der Waals surface area (Å²) < 4.78 is 11.4. The van der Waals surface area contributed by atoms with Crippen LogP contribution in [0.2, 0.25) is 0 Å². The maximum absolute atomic E-state index is 11.1. The van der Waals surface area contributed by atoms with E-state index in [1.165, 1.54) is 12.2 Å². The standard InChI is InChI=1S/C15H12BrClO3/c1-2-19-15(18)5-3-4-12(17)14-9-10-8-11(16)6-7-13(10)20-14/h3-9H,2H2,1H3. The first-order valence-corrected chi connectivity index (χ1v) is 7.17. The summed E-state index contributed by atoms with van der Waals surface area (Å²) in [5.74, 6) is 0.148. The molecule has 0 spiro atoms. The third-order valence-corrected chi connectivity index (χ3v) is 3.28. The molecule has 0 radical (unpaired) electrons. The highest BCUT2D eigenvalue weighted by Crippen LogP contribution is 2.28. The Balaban J connectivity index is 2.18. The molecule has 0 aliphatic heterocycles. The molecule has 20 heavy (non-hydrogen) atoms. The van der Waals surface area contributed by atoms with Crippen LogP contribution in [0.15, 0.2) is 51.4 Å². The number of benzene rings is 1. The maximum atomic E-state index is 11.1. The number of carbonyl (C=O) groups excluding carboxylic acids is 1. The zero-order valence-electron chi connectivity index (χ0n) is 10.7. The molecule has 0 fully saturated rings. The summed E-state index contributed by atoms with van der Waals surface area (Å²) in [6.07, 6.45) is 4.43. The predicted octanol–water partition coefficient (Wildman–Crippen LogP) is 4.89. The molecule has 0 saturated heterocycles. The van der Waals surface area contributed by atoms with Crippen LogP contribution in [0.5, 0.6) is 0 Å². The maximum Gasteiger partial charge on any atom is 0.330 e. The first-order chi connectivity index (χ1) is 9.60. The van der Waals surface area contributed by atoms with E-state index in [-0.39, 0.29) is 0 Å². The molecule has 5 heteroatoms. The highest BCUT2D eigenvalue weighted by atomic mass is 79.9. The number of halogens is 2. The van der Waals surface area contributed by atoms with Crippen LogP contribution in [0.25, 0.3) is 16.0 Å². The van der Waals surface area contributed by atoms with E-state index in [9.17, 15) is 4.79 Å². The molecule has 0 N–H and O–H groups in total. The lowest BCUT2D eigenvalue weighted by Gasteiger charge is -1.93. The molecule has 2 rings (SSSR count). The van der Waals surface area contributed by atoms with Gasteiger partial charge in [-0.05, 0) is 37.3 Å². The third-order valence-electron chi connectivity index (χ3n) is 2.48. The summed E-state index contributed by atoms with van der Waals surface area (Å²) in [5, 5.41) is 1.37. The number of rotatable bonds is 4. The Morgan fingerprint density at radius 1 is 1.45 bits per heavy atom. The SMILES string of the molecule is CCOC(=O)C=CC=C(Cl)c1cc2cc(Br)ccc2o1. The minimum Gasteiger partial charge on any atom is -0.463 e. The van der Waals surface area contributed by atoms with Crippen molar-refractivity contribution in [2.75, 3.05) is 6.61 Å². The number of ether oxygens (including phenoxy) is 1. The number of carbonyl (C=O) groups is 1. The number of esters is 1. The molecule has 0 aliphatic carbocycles. The molecular formula is C15H12BrClO3. The molecule has 0 unspecified atom stereocenters. The van der Waals surface area contributed by atoms with Gasteiger partial charge in [0.2, 0.25) is 0 Å². The molecule has 0 amide bonds. The van der Waals surface area contributed by atoms with Gasteiger partial charge in [-0.2, -0.15) is 0 Å². The van der Waals surface area contributed by atoms with Crippen LogP contribution in [0.4, 0.5) is 0 Å². The molecule has 0 atom stereocenters. The number of hydrogen-bond donors (Lipinski definition) is 0. The molecule has 0 aliphatic rings. The van der Waals surface area contributed by atoms with E-state index in [2.05, 4.69) is 15.9 Å². The first kappa shape index (κ1) is 14.9. The van der Waals surface area contributed by atoms with Gasteiger partial charge in [0.15, 0.2) is 0 Å². The molecule has 104 valence electrons. The van der Waals surface area contributed by atoms with Gasteiger partial charge in [-0.25, -0.2) is 4.79 Å². The molecule has 1 aromatic heterocycles. The van der Waals surface area contributed by atoms with Gasteiger partial charge in [0.1, 0.15) is 11.3 Å². The zero-order chi connectivity index (χ0) is 14.5. The smallest absolute Gasteiger partial charge is 0.330 e. The van der Waals surface area contributed by atoms with Crippen molar-refractivity contribution in [3.05, 3.63) is 52.7 Å². The quantitative estimate of drug-likeness (QED) is 0.445. The molecule has 2 aromatic rings. The Morgan fingerprint density at radius 2 is 2.25 bits per heavy atom. The van der Waals surface area contributed by atoms with Gasteiger partial charge < -0.3 is 9.15 Å². The lowest BCUT2D eigenvalue weighted by molar-refractivity contribution is -0.137. The average molecular weight is 356 g/mol. The van der Waals surface area contributed by atoms with E-state index in [4.69, 9.17) is 20.8 Å². The van der Waals surface area contributed by atoms with Gasteiger partial charge in [-0.3, -0.25) is 0 Å². The topological polar surface area (TPSA) is 39.4 Å². The van der Waals surface area contributed by atoms with E-state index in [1.54, 1.807) is 13.0 Å². The Labute approximate surface area is 130 Å². The van der Waals surface area contributed by atoms with Crippen molar-refractivity contribution in [3.63, 3.8) is 0 Å². The normalized spacial score (nSPS) is 12.2. The highest BCUT2D eigenvalue weighted by Gasteiger charge is 2.06. The van der Waals surface area contributed by atoms with Gasteiger partial charge in [0, 0.05) is 15.9 Å². The summed E-state index contributed by atoms with van der Waals surface area (Å²) in [7, 11) is 0. The number of fused-ring (bicyclic) bond motifs is 1. The first-order valence-electron chi connectivity index (χ1n) is 6.00. The Hall–Kier alpha value is -1.52. The monoisotopic (exact) mass is 354 g/mol. The van der Waals surface area contributed by atoms with Crippen LogP contribution in [0, 0.1) is 0 Å². The van der Waals surface area contributed by atoms with Crippen molar-refractivity contribution in [1.82, 2.24) is 0 Å². The van der Waals surface area contributed by atoms with Gasteiger partial charge in [-0.1, -0.05) is 33.6 Å². The minimum atomic E-state index is -0.401. The predicted molar refractivity (Wildman–Crippen MR) is 83.5 cm³/mol. The van der Waals surface area contributed by atoms with E-state index in [0.29, 0.717) is 17.4 Å². The Morgan fingerprint density at radius 3 is 3.00 bits per heavy atom. The van der Waals surface area contributed by atoms with E-state index >= 15 is 0 Å². The zero-order valence-corrected chi connectivity index (χ0v) is 13.1.